The molecule has 0 saturated heterocycles. The Kier molecular flexibility index (Phi) is 2.93. The first-order valence-electron chi connectivity index (χ1n) is 4.57. The van der Waals surface area contributed by atoms with Crippen LogP contribution >= 0.6 is 0 Å². The normalized spacial score (nSPS) is 12.2. The summed E-state index contributed by atoms with van der Waals surface area (Å²) in [5.41, 5.74) is 5.04. The van der Waals surface area contributed by atoms with Gasteiger partial charge in [-0.3, -0.25) is 4.98 Å². The Labute approximate surface area is 86.3 Å². The van der Waals surface area contributed by atoms with E-state index in [1.54, 1.807) is 13.8 Å². The number of aromatic nitrogens is 1. The zero-order valence-corrected chi connectivity index (χ0v) is 8.81. The lowest BCUT2D eigenvalue weighted by atomic mass is 10.0. The van der Waals surface area contributed by atoms with E-state index < -0.39 is 11.7 Å². The van der Waals surface area contributed by atoms with Gasteiger partial charge in [0.2, 0.25) is 0 Å². The van der Waals surface area contributed by atoms with Crippen LogP contribution in [-0.2, 0) is 6.18 Å². The number of hydrogen-bond acceptors (Lipinski definition) is 2. The standard InChI is InChI=1S/C10H13F3N2/c1-5(2)9-8(14)7(10(11,12)13)4-6(3)15-9/h4-5H,14H2,1-3H3. The number of nitrogens with two attached hydrogens (primary N) is 1. The van der Waals surface area contributed by atoms with Crippen molar-refractivity contribution in [2.45, 2.75) is 32.9 Å². The molecule has 0 aliphatic rings. The minimum Gasteiger partial charge on any atom is -0.397 e. The number of alkyl halides is 3. The summed E-state index contributed by atoms with van der Waals surface area (Å²) in [4.78, 5) is 4.02. The van der Waals surface area contributed by atoms with Crippen molar-refractivity contribution < 1.29 is 13.2 Å². The van der Waals surface area contributed by atoms with E-state index in [1.165, 1.54) is 6.92 Å². The maximum Gasteiger partial charge on any atom is 0.418 e. The molecule has 0 radical (unpaired) electrons. The number of nitrogen functional groups attached to an aromatic ring is 1. The third-order valence-electron chi connectivity index (χ3n) is 2.07. The number of halogens is 3. The summed E-state index contributed by atoms with van der Waals surface area (Å²) < 4.78 is 37.7. The minimum absolute atomic E-state index is 0.119. The molecule has 0 amide bonds. The van der Waals surface area contributed by atoms with Crippen molar-refractivity contribution in [2.24, 2.45) is 0 Å². The van der Waals surface area contributed by atoms with E-state index in [0.717, 1.165) is 6.07 Å². The van der Waals surface area contributed by atoms with Crippen molar-refractivity contribution in [1.82, 2.24) is 4.98 Å². The summed E-state index contributed by atoms with van der Waals surface area (Å²) in [5, 5.41) is 0. The van der Waals surface area contributed by atoms with Gasteiger partial charge in [0.25, 0.3) is 0 Å². The molecule has 2 nitrogen and oxygen atoms in total. The predicted molar refractivity (Wildman–Crippen MR) is 52.5 cm³/mol. The molecule has 5 heteroatoms. The first-order chi connectivity index (χ1) is 6.73. The van der Waals surface area contributed by atoms with Crippen LogP contribution in [0.4, 0.5) is 18.9 Å². The number of hydrogen-bond donors (Lipinski definition) is 1. The Hall–Kier alpha value is -1.26. The molecule has 15 heavy (non-hydrogen) atoms. The highest BCUT2D eigenvalue weighted by molar-refractivity contribution is 5.54. The fraction of sp³-hybridized carbons (Fsp3) is 0.500. The molecule has 1 heterocycles. The Morgan fingerprint density at radius 3 is 2.27 bits per heavy atom. The molecular formula is C10H13F3N2. The largest absolute Gasteiger partial charge is 0.418 e. The van der Waals surface area contributed by atoms with E-state index in [-0.39, 0.29) is 11.6 Å². The highest BCUT2D eigenvalue weighted by Gasteiger charge is 2.34. The van der Waals surface area contributed by atoms with Gasteiger partial charge < -0.3 is 5.73 Å². The van der Waals surface area contributed by atoms with Gasteiger partial charge in [-0.25, -0.2) is 0 Å². The van der Waals surface area contributed by atoms with Crippen molar-refractivity contribution in [1.29, 1.82) is 0 Å². The molecule has 0 atom stereocenters. The van der Waals surface area contributed by atoms with Crippen molar-refractivity contribution in [3.8, 4) is 0 Å². The van der Waals surface area contributed by atoms with Gasteiger partial charge in [0.1, 0.15) is 0 Å². The summed E-state index contributed by atoms with van der Waals surface area (Å²) in [5.74, 6) is -0.119. The van der Waals surface area contributed by atoms with Crippen LogP contribution < -0.4 is 5.73 Å². The van der Waals surface area contributed by atoms with E-state index in [0.29, 0.717) is 11.4 Å². The van der Waals surface area contributed by atoms with Crippen LogP contribution in [0, 0.1) is 6.92 Å². The lowest BCUT2D eigenvalue weighted by Crippen LogP contribution is -2.13. The summed E-state index contributed by atoms with van der Waals surface area (Å²) in [6.45, 7) is 5.05. The molecule has 0 aliphatic carbocycles. The Morgan fingerprint density at radius 2 is 1.87 bits per heavy atom. The molecule has 1 rings (SSSR count). The van der Waals surface area contributed by atoms with Gasteiger partial charge in [0.15, 0.2) is 0 Å². The minimum atomic E-state index is -4.42. The first kappa shape index (κ1) is 11.8. The van der Waals surface area contributed by atoms with Crippen LogP contribution in [-0.4, -0.2) is 4.98 Å². The third-order valence-corrected chi connectivity index (χ3v) is 2.07. The molecule has 0 bridgehead atoms. The van der Waals surface area contributed by atoms with Gasteiger partial charge in [0, 0.05) is 5.69 Å². The van der Waals surface area contributed by atoms with E-state index in [2.05, 4.69) is 4.98 Å². The predicted octanol–water partition coefficient (Wildman–Crippen LogP) is 3.11. The third kappa shape index (κ3) is 2.40. The number of rotatable bonds is 1. The van der Waals surface area contributed by atoms with E-state index in [4.69, 9.17) is 5.73 Å². The first-order valence-corrected chi connectivity index (χ1v) is 4.57. The molecule has 2 N–H and O–H groups in total. The number of nitrogens with zero attached hydrogens (tertiary/aromatic N) is 1. The Morgan fingerprint density at radius 1 is 1.33 bits per heavy atom. The fourth-order valence-corrected chi connectivity index (χ4v) is 1.38. The molecule has 0 spiro atoms. The second-order valence-electron chi connectivity index (χ2n) is 3.76. The molecule has 0 aliphatic heterocycles. The molecule has 1 aromatic heterocycles. The highest BCUT2D eigenvalue weighted by Crippen LogP contribution is 2.36. The van der Waals surface area contributed by atoms with E-state index >= 15 is 0 Å². The molecular weight excluding hydrogens is 205 g/mol. The molecule has 0 aromatic carbocycles. The summed E-state index contributed by atoms with van der Waals surface area (Å²) in [6, 6.07) is 0.973. The number of pyridine rings is 1. The number of aryl methyl sites for hydroxylation is 1. The molecule has 0 fully saturated rings. The van der Waals surface area contributed by atoms with Gasteiger partial charge in [-0.1, -0.05) is 13.8 Å². The van der Waals surface area contributed by atoms with Gasteiger partial charge >= 0.3 is 6.18 Å². The van der Waals surface area contributed by atoms with Crippen molar-refractivity contribution in [2.75, 3.05) is 5.73 Å². The van der Waals surface area contributed by atoms with Crippen molar-refractivity contribution in [3.63, 3.8) is 0 Å². The van der Waals surface area contributed by atoms with Crippen LogP contribution in [0.1, 0.15) is 36.7 Å². The highest BCUT2D eigenvalue weighted by atomic mass is 19.4. The van der Waals surface area contributed by atoms with Crippen LogP contribution in [0.3, 0.4) is 0 Å². The Balaban J connectivity index is 3.42. The second kappa shape index (κ2) is 3.72. The number of anilines is 1. The summed E-state index contributed by atoms with van der Waals surface area (Å²) >= 11 is 0. The molecule has 0 saturated carbocycles. The van der Waals surface area contributed by atoms with Crippen LogP contribution in [0.25, 0.3) is 0 Å². The smallest absolute Gasteiger partial charge is 0.397 e. The van der Waals surface area contributed by atoms with Crippen LogP contribution in [0.2, 0.25) is 0 Å². The zero-order chi connectivity index (χ0) is 11.8. The lowest BCUT2D eigenvalue weighted by molar-refractivity contribution is -0.137. The van der Waals surface area contributed by atoms with Gasteiger partial charge in [-0.15, -0.1) is 0 Å². The lowest BCUT2D eigenvalue weighted by Gasteiger charge is -2.15. The average molecular weight is 218 g/mol. The van der Waals surface area contributed by atoms with E-state index in [9.17, 15) is 13.2 Å². The maximum absolute atomic E-state index is 12.6. The van der Waals surface area contributed by atoms with Crippen molar-refractivity contribution >= 4 is 5.69 Å². The molecule has 0 unspecified atom stereocenters. The monoisotopic (exact) mass is 218 g/mol. The van der Waals surface area contributed by atoms with Gasteiger partial charge in [-0.05, 0) is 18.9 Å². The van der Waals surface area contributed by atoms with Crippen molar-refractivity contribution in [3.05, 3.63) is 23.0 Å². The quantitative estimate of drug-likeness (QED) is 0.786. The topological polar surface area (TPSA) is 38.9 Å². The van der Waals surface area contributed by atoms with Crippen LogP contribution in [0.15, 0.2) is 6.07 Å². The maximum atomic E-state index is 12.6. The molecule has 1 aromatic rings. The molecule has 84 valence electrons. The van der Waals surface area contributed by atoms with Gasteiger partial charge in [0.05, 0.1) is 16.9 Å². The Bertz CT molecular complexity index is 370. The summed E-state index contributed by atoms with van der Waals surface area (Å²) in [7, 11) is 0. The SMILES string of the molecule is Cc1cc(C(F)(F)F)c(N)c(C(C)C)n1. The summed E-state index contributed by atoms with van der Waals surface area (Å²) in [6.07, 6.45) is -4.42. The average Bonchev–Trinajstić information content (AvgIpc) is 2.06. The van der Waals surface area contributed by atoms with E-state index in [1.807, 2.05) is 0 Å². The zero-order valence-electron chi connectivity index (χ0n) is 8.81. The van der Waals surface area contributed by atoms with Crippen LogP contribution in [0.5, 0.6) is 0 Å². The van der Waals surface area contributed by atoms with Gasteiger partial charge in [-0.2, -0.15) is 13.2 Å². The fourth-order valence-electron chi connectivity index (χ4n) is 1.38. The second-order valence-corrected chi connectivity index (χ2v) is 3.76.